The summed E-state index contributed by atoms with van der Waals surface area (Å²) in [6.07, 6.45) is 1.27. The molecule has 0 spiro atoms. The van der Waals surface area contributed by atoms with E-state index in [1.807, 2.05) is 0 Å². The summed E-state index contributed by atoms with van der Waals surface area (Å²) in [6.45, 7) is 3.20. The van der Waals surface area contributed by atoms with Crippen molar-refractivity contribution >= 4 is 5.97 Å². The molecule has 0 aliphatic rings. The van der Waals surface area contributed by atoms with E-state index in [9.17, 15) is 14.4 Å². The Labute approximate surface area is 91.9 Å². The third-order valence-electron chi connectivity index (χ3n) is 2.24. The van der Waals surface area contributed by atoms with Gasteiger partial charge in [0.05, 0.1) is 12.5 Å². The molecular formula is C10H14N2O4. The quantitative estimate of drug-likeness (QED) is 0.720. The minimum Gasteiger partial charge on any atom is -0.469 e. The number of ether oxygens (including phenoxy) is 1. The normalized spacial score (nSPS) is 11.2. The maximum atomic E-state index is 11.4. The van der Waals surface area contributed by atoms with E-state index in [-0.39, 0.29) is 6.54 Å². The highest BCUT2D eigenvalue weighted by Crippen LogP contribution is 2.18. The first-order valence-corrected chi connectivity index (χ1v) is 4.75. The van der Waals surface area contributed by atoms with Gasteiger partial charge < -0.3 is 9.72 Å². The summed E-state index contributed by atoms with van der Waals surface area (Å²) in [5.74, 6) is -0.470. The second-order valence-electron chi connectivity index (χ2n) is 4.08. The molecule has 0 saturated carbocycles. The number of hydrogen-bond donors (Lipinski definition) is 1. The summed E-state index contributed by atoms with van der Waals surface area (Å²) in [5, 5.41) is 0. The van der Waals surface area contributed by atoms with Crippen molar-refractivity contribution < 1.29 is 9.53 Å². The number of carbonyl (C=O) groups is 1. The summed E-state index contributed by atoms with van der Waals surface area (Å²) in [4.78, 5) is 36.6. The van der Waals surface area contributed by atoms with E-state index in [1.54, 1.807) is 13.8 Å². The zero-order valence-electron chi connectivity index (χ0n) is 9.44. The predicted molar refractivity (Wildman–Crippen MR) is 57.1 cm³/mol. The van der Waals surface area contributed by atoms with Gasteiger partial charge in [0.15, 0.2) is 0 Å². The van der Waals surface area contributed by atoms with Crippen LogP contribution >= 0.6 is 0 Å². The molecule has 1 rings (SSSR count). The van der Waals surface area contributed by atoms with Crippen LogP contribution in [-0.4, -0.2) is 22.6 Å². The van der Waals surface area contributed by atoms with Crippen molar-refractivity contribution in [1.29, 1.82) is 0 Å². The van der Waals surface area contributed by atoms with Gasteiger partial charge in [-0.25, -0.2) is 4.79 Å². The lowest BCUT2D eigenvalue weighted by Crippen LogP contribution is -2.41. The Morgan fingerprint density at radius 2 is 2.12 bits per heavy atom. The monoisotopic (exact) mass is 226 g/mol. The lowest BCUT2D eigenvalue weighted by molar-refractivity contribution is -0.151. The second kappa shape index (κ2) is 4.34. The largest absolute Gasteiger partial charge is 0.469 e. The van der Waals surface area contributed by atoms with Crippen LogP contribution in [0.15, 0.2) is 21.9 Å². The van der Waals surface area contributed by atoms with Crippen LogP contribution in [0.25, 0.3) is 0 Å². The van der Waals surface area contributed by atoms with Gasteiger partial charge in [-0.05, 0) is 13.8 Å². The number of rotatable bonds is 3. The molecule has 6 heteroatoms. The molecule has 0 saturated heterocycles. The van der Waals surface area contributed by atoms with Crippen LogP contribution in [0.4, 0.5) is 0 Å². The smallest absolute Gasteiger partial charge is 0.328 e. The van der Waals surface area contributed by atoms with Gasteiger partial charge in [0.2, 0.25) is 0 Å². The molecule has 1 heterocycles. The van der Waals surface area contributed by atoms with Crippen LogP contribution in [0.3, 0.4) is 0 Å². The summed E-state index contributed by atoms with van der Waals surface area (Å²) in [7, 11) is 1.27. The number of hydrogen-bond acceptors (Lipinski definition) is 4. The van der Waals surface area contributed by atoms with Gasteiger partial charge in [-0.3, -0.25) is 14.2 Å². The lowest BCUT2D eigenvalue weighted by atomic mass is 9.93. The molecule has 1 aromatic heterocycles. The molecule has 0 amide bonds. The van der Waals surface area contributed by atoms with Crippen LogP contribution in [0, 0.1) is 5.41 Å². The van der Waals surface area contributed by atoms with Crippen molar-refractivity contribution in [3.63, 3.8) is 0 Å². The molecule has 0 aromatic carbocycles. The van der Waals surface area contributed by atoms with Crippen LogP contribution < -0.4 is 11.2 Å². The van der Waals surface area contributed by atoms with Crippen molar-refractivity contribution in [2.45, 2.75) is 20.4 Å². The molecule has 1 aromatic rings. The van der Waals surface area contributed by atoms with E-state index in [4.69, 9.17) is 0 Å². The Kier molecular flexibility index (Phi) is 3.31. The summed E-state index contributed by atoms with van der Waals surface area (Å²) >= 11 is 0. The van der Waals surface area contributed by atoms with E-state index in [0.717, 1.165) is 4.57 Å². The van der Waals surface area contributed by atoms with E-state index in [0.29, 0.717) is 0 Å². The van der Waals surface area contributed by atoms with Crippen LogP contribution in [0.1, 0.15) is 13.8 Å². The van der Waals surface area contributed by atoms with E-state index in [2.05, 4.69) is 9.72 Å². The van der Waals surface area contributed by atoms with Crippen LogP contribution in [-0.2, 0) is 16.1 Å². The van der Waals surface area contributed by atoms with E-state index in [1.165, 1.54) is 19.4 Å². The van der Waals surface area contributed by atoms with Crippen LogP contribution in [0.2, 0.25) is 0 Å². The van der Waals surface area contributed by atoms with Gasteiger partial charge in [-0.15, -0.1) is 0 Å². The van der Waals surface area contributed by atoms with Gasteiger partial charge in [0, 0.05) is 18.8 Å². The molecule has 0 fully saturated rings. The molecule has 0 radical (unpaired) electrons. The minimum absolute atomic E-state index is 0.0192. The van der Waals surface area contributed by atoms with Gasteiger partial charge in [-0.2, -0.15) is 0 Å². The molecule has 1 N–H and O–H groups in total. The standard InChI is InChI=1S/C10H14N2O4/c1-10(2,8(14)16-3)6-12-7(13)4-5-11-9(12)15/h4-5H,6H2,1-3H3,(H,11,15). The molecule has 16 heavy (non-hydrogen) atoms. The lowest BCUT2D eigenvalue weighted by Gasteiger charge is -2.21. The number of methoxy groups -OCH3 is 1. The molecule has 88 valence electrons. The van der Waals surface area contributed by atoms with Crippen LogP contribution in [0.5, 0.6) is 0 Å². The maximum Gasteiger partial charge on any atom is 0.328 e. The van der Waals surface area contributed by atoms with Crippen molar-refractivity contribution in [3.8, 4) is 0 Å². The van der Waals surface area contributed by atoms with E-state index >= 15 is 0 Å². The van der Waals surface area contributed by atoms with Gasteiger partial charge in [0.25, 0.3) is 5.56 Å². The fraction of sp³-hybridized carbons (Fsp3) is 0.500. The number of H-pyrrole nitrogens is 1. The Morgan fingerprint density at radius 3 is 2.62 bits per heavy atom. The van der Waals surface area contributed by atoms with Crippen molar-refractivity contribution in [1.82, 2.24) is 9.55 Å². The number of aromatic amines is 1. The fourth-order valence-corrected chi connectivity index (χ4v) is 1.34. The molecule has 6 nitrogen and oxygen atoms in total. The van der Waals surface area contributed by atoms with Crippen molar-refractivity contribution in [3.05, 3.63) is 33.1 Å². The Balaban J connectivity index is 3.11. The topological polar surface area (TPSA) is 81.2 Å². The highest BCUT2D eigenvalue weighted by molar-refractivity contribution is 5.75. The summed E-state index contributed by atoms with van der Waals surface area (Å²) < 4.78 is 5.57. The van der Waals surface area contributed by atoms with Crippen molar-refractivity contribution in [2.24, 2.45) is 5.41 Å². The molecule has 0 aliphatic heterocycles. The highest BCUT2D eigenvalue weighted by Gasteiger charge is 2.30. The zero-order valence-corrected chi connectivity index (χ0v) is 9.44. The van der Waals surface area contributed by atoms with Gasteiger partial charge >= 0.3 is 11.7 Å². The first-order valence-electron chi connectivity index (χ1n) is 4.75. The van der Waals surface area contributed by atoms with Crippen molar-refractivity contribution in [2.75, 3.05) is 7.11 Å². The molecule has 0 aliphatic carbocycles. The number of nitrogens with one attached hydrogen (secondary N) is 1. The number of nitrogens with zero attached hydrogens (tertiary/aromatic N) is 1. The first-order chi connectivity index (χ1) is 7.38. The third kappa shape index (κ3) is 2.39. The van der Waals surface area contributed by atoms with Gasteiger partial charge in [0.1, 0.15) is 0 Å². The SMILES string of the molecule is COC(=O)C(C)(C)Cn1c(=O)cc[nH]c1=O. The number of aromatic nitrogens is 2. The second-order valence-corrected chi connectivity index (χ2v) is 4.08. The average Bonchev–Trinajstić information content (AvgIpc) is 2.22. The number of esters is 1. The average molecular weight is 226 g/mol. The number of carbonyl (C=O) groups excluding carboxylic acids is 1. The van der Waals surface area contributed by atoms with Gasteiger partial charge in [-0.1, -0.05) is 0 Å². The Hall–Kier alpha value is -1.85. The molecule has 0 bridgehead atoms. The predicted octanol–water partition coefficient (Wildman–Crippen LogP) is -0.264. The van der Waals surface area contributed by atoms with E-state index < -0.39 is 22.6 Å². The zero-order chi connectivity index (χ0) is 12.3. The minimum atomic E-state index is -0.924. The maximum absolute atomic E-state index is 11.4. The molecule has 0 atom stereocenters. The third-order valence-corrected chi connectivity index (χ3v) is 2.24. The summed E-state index contributed by atoms with van der Waals surface area (Å²) in [5.41, 5.74) is -1.90. The molecule has 0 unspecified atom stereocenters. The molecular weight excluding hydrogens is 212 g/mol. The fourth-order valence-electron chi connectivity index (χ4n) is 1.34. The Morgan fingerprint density at radius 1 is 1.50 bits per heavy atom. The highest BCUT2D eigenvalue weighted by atomic mass is 16.5. The first kappa shape index (κ1) is 12.2. The Bertz CT molecular complexity index is 470. The summed E-state index contributed by atoms with van der Waals surface area (Å²) in [6, 6.07) is 1.23.